The fourth-order valence-electron chi connectivity index (χ4n) is 1.15. The number of nitrogens with zero attached hydrogens (tertiary/aromatic N) is 1. The Hall–Kier alpha value is -0.780. The number of alkyl halides is 3. The standard InChI is InChI=1S/C6H9F3N2O/c7-6(8,9)5(12)11-2-1-4(10)3-11/h4H,1-3,10H2/t4-/m0/s1. The number of amides is 1. The van der Waals surface area contributed by atoms with Gasteiger partial charge in [0.15, 0.2) is 0 Å². The maximum atomic E-state index is 11.8. The van der Waals surface area contributed by atoms with Crippen LogP contribution in [0.2, 0.25) is 0 Å². The molecule has 6 heteroatoms. The number of halogens is 3. The molecule has 1 aliphatic rings. The van der Waals surface area contributed by atoms with Crippen LogP contribution in [0, 0.1) is 0 Å². The molecule has 1 amide bonds. The van der Waals surface area contributed by atoms with E-state index in [0.717, 1.165) is 4.90 Å². The van der Waals surface area contributed by atoms with E-state index in [1.807, 2.05) is 0 Å². The van der Waals surface area contributed by atoms with E-state index in [9.17, 15) is 18.0 Å². The van der Waals surface area contributed by atoms with Gasteiger partial charge in [-0.1, -0.05) is 0 Å². The number of hydrogen-bond donors (Lipinski definition) is 1. The smallest absolute Gasteiger partial charge is 0.333 e. The van der Waals surface area contributed by atoms with Gasteiger partial charge in [0, 0.05) is 19.1 Å². The summed E-state index contributed by atoms with van der Waals surface area (Å²) in [6, 6.07) is -0.309. The molecule has 0 aromatic heterocycles. The first-order valence-electron chi connectivity index (χ1n) is 3.53. The van der Waals surface area contributed by atoms with Gasteiger partial charge in [-0.2, -0.15) is 13.2 Å². The Morgan fingerprint density at radius 1 is 1.50 bits per heavy atom. The second-order valence-corrected chi connectivity index (χ2v) is 2.80. The van der Waals surface area contributed by atoms with Crippen LogP contribution in [0.3, 0.4) is 0 Å². The summed E-state index contributed by atoms with van der Waals surface area (Å²) in [6.07, 6.45) is -4.31. The van der Waals surface area contributed by atoms with Gasteiger partial charge in [0.25, 0.3) is 0 Å². The van der Waals surface area contributed by atoms with Gasteiger partial charge in [-0.15, -0.1) is 0 Å². The molecule has 12 heavy (non-hydrogen) atoms. The number of carbonyl (C=O) groups is 1. The predicted molar refractivity (Wildman–Crippen MR) is 35.2 cm³/mol. The van der Waals surface area contributed by atoms with E-state index >= 15 is 0 Å². The zero-order valence-electron chi connectivity index (χ0n) is 6.27. The molecule has 1 rings (SSSR count). The zero-order chi connectivity index (χ0) is 9.35. The number of rotatable bonds is 0. The number of nitrogens with two attached hydrogens (primary N) is 1. The summed E-state index contributed by atoms with van der Waals surface area (Å²) in [6.45, 7) is 0.123. The van der Waals surface area contributed by atoms with Crippen LogP contribution in [0.15, 0.2) is 0 Å². The van der Waals surface area contributed by atoms with E-state index in [2.05, 4.69) is 0 Å². The summed E-state index contributed by atoms with van der Waals surface area (Å²) in [5.41, 5.74) is 5.34. The SMILES string of the molecule is N[C@H]1CCN(C(=O)C(F)(F)F)C1. The van der Waals surface area contributed by atoms with E-state index < -0.39 is 12.1 Å². The molecule has 1 saturated heterocycles. The monoisotopic (exact) mass is 182 g/mol. The third-order valence-electron chi connectivity index (χ3n) is 1.75. The third kappa shape index (κ3) is 1.88. The summed E-state index contributed by atoms with van der Waals surface area (Å²) in [4.78, 5) is 11.3. The molecule has 1 atom stereocenters. The Balaban J connectivity index is 2.55. The van der Waals surface area contributed by atoms with Crippen molar-refractivity contribution in [2.75, 3.05) is 13.1 Å². The molecule has 1 fully saturated rings. The van der Waals surface area contributed by atoms with E-state index in [1.54, 1.807) is 0 Å². The lowest BCUT2D eigenvalue weighted by atomic mass is 10.3. The molecule has 3 nitrogen and oxygen atoms in total. The molecule has 0 aromatic rings. The average Bonchev–Trinajstić information content (AvgIpc) is 2.32. The first-order valence-corrected chi connectivity index (χ1v) is 3.53. The summed E-state index contributed by atoms with van der Waals surface area (Å²) < 4.78 is 35.4. The van der Waals surface area contributed by atoms with Gasteiger partial charge in [-0.3, -0.25) is 4.79 Å². The maximum absolute atomic E-state index is 11.8. The van der Waals surface area contributed by atoms with Crippen molar-refractivity contribution in [1.29, 1.82) is 0 Å². The van der Waals surface area contributed by atoms with Gasteiger partial charge in [0.1, 0.15) is 0 Å². The molecule has 1 aliphatic heterocycles. The zero-order valence-corrected chi connectivity index (χ0v) is 6.27. The first kappa shape index (κ1) is 9.31. The number of likely N-dealkylation sites (tertiary alicyclic amines) is 1. The first-order chi connectivity index (χ1) is 5.41. The molecule has 0 unspecified atom stereocenters. The van der Waals surface area contributed by atoms with Crippen LogP contribution in [0.4, 0.5) is 13.2 Å². The highest BCUT2D eigenvalue weighted by molar-refractivity contribution is 5.82. The van der Waals surface area contributed by atoms with Gasteiger partial charge >= 0.3 is 12.1 Å². The van der Waals surface area contributed by atoms with Gasteiger partial charge in [-0.25, -0.2) is 0 Å². The second-order valence-electron chi connectivity index (χ2n) is 2.80. The minimum absolute atomic E-state index is 0.0122. The normalized spacial score (nSPS) is 24.7. The van der Waals surface area contributed by atoms with Gasteiger partial charge < -0.3 is 10.6 Å². The highest BCUT2D eigenvalue weighted by atomic mass is 19.4. The van der Waals surface area contributed by atoms with Crippen molar-refractivity contribution < 1.29 is 18.0 Å². The lowest BCUT2D eigenvalue weighted by Gasteiger charge is -2.16. The van der Waals surface area contributed by atoms with Gasteiger partial charge in [0.05, 0.1) is 0 Å². The lowest BCUT2D eigenvalue weighted by Crippen LogP contribution is -2.40. The Morgan fingerprint density at radius 3 is 2.42 bits per heavy atom. The van der Waals surface area contributed by atoms with E-state index in [0.29, 0.717) is 6.42 Å². The highest BCUT2D eigenvalue weighted by Gasteiger charge is 2.43. The topological polar surface area (TPSA) is 46.3 Å². The van der Waals surface area contributed by atoms with Crippen LogP contribution < -0.4 is 5.73 Å². The maximum Gasteiger partial charge on any atom is 0.471 e. The van der Waals surface area contributed by atoms with Crippen LogP contribution in [0.5, 0.6) is 0 Å². The molecule has 2 N–H and O–H groups in total. The molecular formula is C6H9F3N2O. The molecule has 0 spiro atoms. The van der Waals surface area contributed by atoms with E-state index in [4.69, 9.17) is 5.73 Å². The molecular weight excluding hydrogens is 173 g/mol. The lowest BCUT2D eigenvalue weighted by molar-refractivity contribution is -0.184. The van der Waals surface area contributed by atoms with Crippen molar-refractivity contribution in [2.45, 2.75) is 18.6 Å². The summed E-state index contributed by atoms with van der Waals surface area (Å²) >= 11 is 0. The number of carbonyl (C=O) groups excluding carboxylic acids is 1. The van der Waals surface area contributed by atoms with Crippen LogP contribution >= 0.6 is 0 Å². The Morgan fingerprint density at radius 2 is 2.08 bits per heavy atom. The van der Waals surface area contributed by atoms with Crippen molar-refractivity contribution in [3.05, 3.63) is 0 Å². The largest absolute Gasteiger partial charge is 0.471 e. The molecule has 70 valence electrons. The third-order valence-corrected chi connectivity index (χ3v) is 1.75. The summed E-state index contributed by atoms with van der Waals surface area (Å²) in [7, 11) is 0. The fraction of sp³-hybridized carbons (Fsp3) is 0.833. The predicted octanol–water partition coefficient (Wildman–Crippen LogP) is 0.108. The number of hydrogen-bond acceptors (Lipinski definition) is 2. The summed E-state index contributed by atoms with van der Waals surface area (Å²) in [5, 5.41) is 0. The Kier molecular flexibility index (Phi) is 2.27. The second kappa shape index (κ2) is 2.93. The van der Waals surface area contributed by atoms with Gasteiger partial charge in [-0.05, 0) is 6.42 Å². The van der Waals surface area contributed by atoms with Crippen molar-refractivity contribution >= 4 is 5.91 Å². The molecule has 0 saturated carbocycles. The van der Waals surface area contributed by atoms with Crippen LogP contribution in [-0.4, -0.2) is 36.1 Å². The fourth-order valence-corrected chi connectivity index (χ4v) is 1.15. The summed E-state index contributed by atoms with van der Waals surface area (Å²) in [5.74, 6) is -1.78. The van der Waals surface area contributed by atoms with Crippen LogP contribution in [-0.2, 0) is 4.79 Å². The highest BCUT2D eigenvalue weighted by Crippen LogP contribution is 2.20. The van der Waals surface area contributed by atoms with Crippen molar-refractivity contribution in [3.63, 3.8) is 0 Å². The Labute approximate surface area is 67.3 Å². The molecule has 1 heterocycles. The molecule has 0 aromatic carbocycles. The van der Waals surface area contributed by atoms with Gasteiger partial charge in [0.2, 0.25) is 0 Å². The van der Waals surface area contributed by atoms with Crippen molar-refractivity contribution in [3.8, 4) is 0 Å². The van der Waals surface area contributed by atoms with Crippen LogP contribution in [0.1, 0.15) is 6.42 Å². The minimum Gasteiger partial charge on any atom is -0.333 e. The molecule has 0 aliphatic carbocycles. The minimum atomic E-state index is -4.76. The van der Waals surface area contributed by atoms with E-state index in [-0.39, 0.29) is 19.1 Å². The van der Waals surface area contributed by atoms with E-state index in [1.165, 1.54) is 0 Å². The average molecular weight is 182 g/mol. The quantitative estimate of drug-likeness (QED) is 0.577. The van der Waals surface area contributed by atoms with Crippen molar-refractivity contribution in [2.24, 2.45) is 5.73 Å². The van der Waals surface area contributed by atoms with Crippen molar-refractivity contribution in [1.82, 2.24) is 4.90 Å². The molecule has 0 radical (unpaired) electrons. The van der Waals surface area contributed by atoms with Crippen LogP contribution in [0.25, 0.3) is 0 Å². The Bertz CT molecular complexity index is 192. The molecule has 0 bridgehead atoms.